The molecule has 0 radical (unpaired) electrons. The van der Waals surface area contributed by atoms with Gasteiger partial charge < -0.3 is 30.8 Å². The molecule has 0 saturated carbocycles. The number of carbonyl (C=O) groups excluding carboxylic acids is 2. The van der Waals surface area contributed by atoms with Crippen LogP contribution >= 0.6 is 12.6 Å². The highest BCUT2D eigenvalue weighted by Crippen LogP contribution is 2.21. The number of aliphatic carboxylic acids is 2. The number of rotatable bonds is 11. The predicted molar refractivity (Wildman–Crippen MR) is 141 cm³/mol. The molecular formula is C26H26N4O6S. The van der Waals surface area contributed by atoms with Gasteiger partial charge >= 0.3 is 11.9 Å². The van der Waals surface area contributed by atoms with Crippen LogP contribution < -0.4 is 10.6 Å². The first-order valence-corrected chi connectivity index (χ1v) is 12.1. The molecule has 0 aliphatic heterocycles. The number of hydrogen-bond acceptors (Lipinski definition) is 5. The maximum absolute atomic E-state index is 12.9. The van der Waals surface area contributed by atoms with Gasteiger partial charge in [0.1, 0.15) is 12.1 Å². The number of para-hydroxylation sites is 2. The maximum atomic E-state index is 12.9. The third-order valence-corrected chi connectivity index (χ3v) is 6.53. The number of carboxylic acids is 2. The highest BCUT2D eigenvalue weighted by atomic mass is 32.1. The molecule has 11 heteroatoms. The van der Waals surface area contributed by atoms with E-state index in [0.29, 0.717) is 5.56 Å². The van der Waals surface area contributed by atoms with Crippen LogP contribution in [-0.2, 0) is 32.0 Å². The molecule has 2 heterocycles. The van der Waals surface area contributed by atoms with Gasteiger partial charge in [-0.15, -0.1) is 0 Å². The highest BCUT2D eigenvalue weighted by molar-refractivity contribution is 7.81. The van der Waals surface area contributed by atoms with Crippen LogP contribution in [0.15, 0.2) is 60.9 Å². The summed E-state index contributed by atoms with van der Waals surface area (Å²) in [5.41, 5.74) is 3.24. The van der Waals surface area contributed by atoms with Gasteiger partial charge in [0.15, 0.2) is 0 Å². The second-order valence-corrected chi connectivity index (χ2v) is 9.32. The van der Waals surface area contributed by atoms with E-state index in [9.17, 15) is 29.4 Å². The number of thiol groups is 1. The molecule has 6 N–H and O–H groups in total. The first kappa shape index (κ1) is 25.8. The molecule has 3 unspecified atom stereocenters. The van der Waals surface area contributed by atoms with Gasteiger partial charge in [0.2, 0.25) is 11.8 Å². The van der Waals surface area contributed by atoms with Crippen LogP contribution in [-0.4, -0.2) is 61.3 Å². The normalized spacial score (nSPS) is 13.6. The smallest absolute Gasteiger partial charge is 0.326 e. The maximum Gasteiger partial charge on any atom is 0.326 e. The molecule has 2 aromatic heterocycles. The molecule has 0 saturated heterocycles. The number of fused-ring (bicyclic) bond motifs is 2. The summed E-state index contributed by atoms with van der Waals surface area (Å²) in [5.74, 6) is -4.16. The number of carbonyl (C=O) groups is 4. The molecule has 10 nitrogen and oxygen atoms in total. The van der Waals surface area contributed by atoms with Crippen molar-refractivity contribution in [3.05, 3.63) is 72.1 Å². The minimum absolute atomic E-state index is 0.0332. The van der Waals surface area contributed by atoms with E-state index < -0.39 is 47.5 Å². The van der Waals surface area contributed by atoms with Gasteiger partial charge in [-0.1, -0.05) is 36.4 Å². The van der Waals surface area contributed by atoms with Crippen molar-refractivity contribution in [1.29, 1.82) is 0 Å². The van der Waals surface area contributed by atoms with E-state index in [1.54, 1.807) is 12.4 Å². The highest BCUT2D eigenvalue weighted by Gasteiger charge is 2.30. The Morgan fingerprint density at radius 3 is 1.81 bits per heavy atom. The summed E-state index contributed by atoms with van der Waals surface area (Å²) >= 11 is 4.36. The van der Waals surface area contributed by atoms with Gasteiger partial charge in [-0.2, -0.15) is 12.6 Å². The van der Waals surface area contributed by atoms with Crippen molar-refractivity contribution in [2.45, 2.75) is 36.6 Å². The van der Waals surface area contributed by atoms with Crippen molar-refractivity contribution < 1.29 is 29.4 Å². The lowest BCUT2D eigenvalue weighted by Crippen LogP contribution is -2.54. The molecule has 0 aliphatic rings. The van der Waals surface area contributed by atoms with E-state index in [0.717, 1.165) is 27.4 Å². The van der Waals surface area contributed by atoms with Crippen molar-refractivity contribution in [2.75, 3.05) is 0 Å². The van der Waals surface area contributed by atoms with Crippen LogP contribution in [0.2, 0.25) is 0 Å². The monoisotopic (exact) mass is 522 g/mol. The van der Waals surface area contributed by atoms with Crippen molar-refractivity contribution in [1.82, 2.24) is 20.6 Å². The van der Waals surface area contributed by atoms with Gasteiger partial charge in [0, 0.05) is 40.6 Å². The molecule has 0 fully saturated rings. The Kier molecular flexibility index (Phi) is 7.83. The number of H-pyrrole nitrogens is 2. The van der Waals surface area contributed by atoms with Crippen LogP contribution in [0.4, 0.5) is 0 Å². The Balaban J connectivity index is 1.44. The van der Waals surface area contributed by atoms with Crippen molar-refractivity contribution >= 4 is 58.2 Å². The first-order chi connectivity index (χ1) is 17.7. The second-order valence-electron chi connectivity index (χ2n) is 8.70. The molecule has 3 atom stereocenters. The van der Waals surface area contributed by atoms with Crippen molar-refractivity contribution in [3.63, 3.8) is 0 Å². The summed E-state index contributed by atoms with van der Waals surface area (Å²) in [6, 6.07) is 12.1. The number of nitrogens with one attached hydrogen (secondary N) is 4. The van der Waals surface area contributed by atoms with Gasteiger partial charge in [0.05, 0.1) is 11.7 Å². The molecule has 4 rings (SSSR count). The zero-order valence-corrected chi connectivity index (χ0v) is 20.5. The molecule has 0 bridgehead atoms. The largest absolute Gasteiger partial charge is 0.481 e. The predicted octanol–water partition coefficient (Wildman–Crippen LogP) is 2.26. The Morgan fingerprint density at radius 1 is 0.757 bits per heavy atom. The molecule has 0 aliphatic carbocycles. The van der Waals surface area contributed by atoms with E-state index in [1.165, 1.54) is 0 Å². The standard InChI is InChI=1S/C26H26N4O6S/c31-23(32)11-20(29-25(34)22(37)10-15-13-28-19-8-4-2-6-17(15)19)24(33)30-21(26(35)36)9-14-12-27-18-7-3-1-5-16(14)18/h1-8,12-13,20-22,27-28,37H,9-11H2,(H,29,34)(H,30,33)(H,31,32)(H,35,36). The van der Waals surface area contributed by atoms with Crippen LogP contribution in [0, 0.1) is 0 Å². The molecule has 2 amide bonds. The fourth-order valence-corrected chi connectivity index (χ4v) is 4.52. The fourth-order valence-electron chi connectivity index (χ4n) is 4.25. The molecule has 2 aromatic carbocycles. The zero-order chi connectivity index (χ0) is 26.5. The zero-order valence-electron chi connectivity index (χ0n) is 19.6. The summed E-state index contributed by atoms with van der Waals surface area (Å²) < 4.78 is 0. The number of carboxylic acid groups (broad SMARTS) is 2. The van der Waals surface area contributed by atoms with E-state index in [4.69, 9.17) is 0 Å². The van der Waals surface area contributed by atoms with Gasteiger partial charge in [-0.25, -0.2) is 4.79 Å². The van der Waals surface area contributed by atoms with Crippen molar-refractivity contribution in [2.24, 2.45) is 0 Å². The summed E-state index contributed by atoms with van der Waals surface area (Å²) in [6.07, 6.45) is 2.92. The summed E-state index contributed by atoms with van der Waals surface area (Å²) in [7, 11) is 0. The lowest BCUT2D eigenvalue weighted by Gasteiger charge is -2.21. The van der Waals surface area contributed by atoms with Crippen LogP contribution in [0.5, 0.6) is 0 Å². The number of benzene rings is 2. The SMILES string of the molecule is O=C(O)CC(NC(=O)C(S)Cc1c[nH]c2ccccc12)C(=O)NC(Cc1c[nH]c2ccccc12)C(=O)O. The van der Waals surface area contributed by atoms with Crippen molar-refractivity contribution in [3.8, 4) is 0 Å². The Labute approximate surface area is 216 Å². The average Bonchev–Trinajstić information content (AvgIpc) is 3.47. The van der Waals surface area contributed by atoms with Gasteiger partial charge in [-0.3, -0.25) is 14.4 Å². The van der Waals surface area contributed by atoms with Gasteiger partial charge in [-0.05, 0) is 29.7 Å². The summed E-state index contributed by atoms with van der Waals surface area (Å²) in [5, 5.41) is 24.7. The number of hydrogen-bond donors (Lipinski definition) is 7. The second kappa shape index (κ2) is 11.2. The van der Waals surface area contributed by atoms with Crippen LogP contribution in [0.25, 0.3) is 21.8 Å². The van der Waals surface area contributed by atoms with Crippen LogP contribution in [0.3, 0.4) is 0 Å². The minimum atomic E-state index is -1.48. The Morgan fingerprint density at radius 2 is 1.27 bits per heavy atom. The number of amides is 2. The Hall–Kier alpha value is -4.25. The fraction of sp³-hybridized carbons (Fsp3) is 0.231. The van der Waals surface area contributed by atoms with E-state index in [1.807, 2.05) is 48.5 Å². The Bertz CT molecular complexity index is 1460. The third-order valence-electron chi connectivity index (χ3n) is 6.12. The van der Waals surface area contributed by atoms with Crippen LogP contribution in [0.1, 0.15) is 17.5 Å². The third kappa shape index (κ3) is 6.12. The molecular weight excluding hydrogens is 496 g/mol. The molecule has 192 valence electrons. The molecule has 0 spiro atoms. The topological polar surface area (TPSA) is 164 Å². The summed E-state index contributed by atoms with van der Waals surface area (Å²) in [6.45, 7) is 0. The average molecular weight is 523 g/mol. The molecule has 4 aromatic rings. The molecule has 37 heavy (non-hydrogen) atoms. The first-order valence-electron chi connectivity index (χ1n) is 11.6. The quantitative estimate of drug-likeness (QED) is 0.149. The van der Waals surface area contributed by atoms with E-state index in [2.05, 4.69) is 33.2 Å². The van der Waals surface area contributed by atoms with E-state index in [-0.39, 0.29) is 12.8 Å². The lowest BCUT2D eigenvalue weighted by atomic mass is 10.0. The lowest BCUT2D eigenvalue weighted by molar-refractivity contribution is -0.143. The number of aromatic amines is 2. The summed E-state index contributed by atoms with van der Waals surface area (Å²) in [4.78, 5) is 55.3. The van der Waals surface area contributed by atoms with Gasteiger partial charge in [0.25, 0.3) is 0 Å². The number of aromatic nitrogens is 2. The van der Waals surface area contributed by atoms with E-state index >= 15 is 0 Å². The minimum Gasteiger partial charge on any atom is -0.481 e.